The summed E-state index contributed by atoms with van der Waals surface area (Å²) in [5.41, 5.74) is 1.21. The zero-order chi connectivity index (χ0) is 18.2. The first-order chi connectivity index (χ1) is 12.3. The molecule has 0 fully saturated rings. The SMILES string of the molecule is CCNC(=NCC(C)COCc1ccccc1)NCCCCCOC. The Hall–Kier alpha value is -1.59. The topological polar surface area (TPSA) is 54.9 Å². The molecule has 0 bridgehead atoms. The molecule has 142 valence electrons. The van der Waals surface area contributed by atoms with Crippen LogP contribution in [0.2, 0.25) is 0 Å². The number of benzene rings is 1. The van der Waals surface area contributed by atoms with Crippen LogP contribution in [0.4, 0.5) is 0 Å². The van der Waals surface area contributed by atoms with Crippen molar-refractivity contribution in [2.24, 2.45) is 10.9 Å². The largest absolute Gasteiger partial charge is 0.385 e. The molecular formula is C20H35N3O2. The van der Waals surface area contributed by atoms with E-state index in [0.717, 1.165) is 51.6 Å². The van der Waals surface area contributed by atoms with Gasteiger partial charge in [0.1, 0.15) is 0 Å². The molecular weight excluding hydrogens is 314 g/mol. The van der Waals surface area contributed by atoms with Crippen LogP contribution in [-0.2, 0) is 16.1 Å². The number of hydrogen-bond acceptors (Lipinski definition) is 3. The predicted molar refractivity (Wildman–Crippen MR) is 105 cm³/mol. The summed E-state index contributed by atoms with van der Waals surface area (Å²) in [6.07, 6.45) is 3.41. The molecule has 2 N–H and O–H groups in total. The number of methoxy groups -OCH3 is 1. The second kappa shape index (κ2) is 14.7. The molecule has 0 spiro atoms. The summed E-state index contributed by atoms with van der Waals surface area (Å²) in [4.78, 5) is 4.66. The molecule has 5 heteroatoms. The Morgan fingerprint density at radius 2 is 1.92 bits per heavy atom. The minimum atomic E-state index is 0.390. The molecule has 0 amide bonds. The van der Waals surface area contributed by atoms with Gasteiger partial charge in [0.15, 0.2) is 5.96 Å². The van der Waals surface area contributed by atoms with Gasteiger partial charge in [-0.2, -0.15) is 0 Å². The number of hydrogen-bond donors (Lipinski definition) is 2. The first-order valence-corrected chi connectivity index (χ1v) is 9.39. The highest BCUT2D eigenvalue weighted by Crippen LogP contribution is 2.03. The van der Waals surface area contributed by atoms with Gasteiger partial charge in [0.05, 0.1) is 13.2 Å². The molecule has 0 saturated carbocycles. The summed E-state index contributed by atoms with van der Waals surface area (Å²) in [5.74, 6) is 1.28. The maximum atomic E-state index is 5.79. The van der Waals surface area contributed by atoms with Gasteiger partial charge in [-0.3, -0.25) is 4.99 Å². The summed E-state index contributed by atoms with van der Waals surface area (Å²) in [6.45, 7) is 9.04. The summed E-state index contributed by atoms with van der Waals surface area (Å²) in [6, 6.07) is 10.3. The fourth-order valence-electron chi connectivity index (χ4n) is 2.35. The van der Waals surface area contributed by atoms with E-state index in [1.165, 1.54) is 12.0 Å². The average Bonchev–Trinajstić information content (AvgIpc) is 2.63. The van der Waals surface area contributed by atoms with Crippen molar-refractivity contribution in [2.75, 3.05) is 40.0 Å². The zero-order valence-corrected chi connectivity index (χ0v) is 16.1. The fourth-order valence-corrected chi connectivity index (χ4v) is 2.35. The fraction of sp³-hybridized carbons (Fsp3) is 0.650. The third-order valence-corrected chi connectivity index (χ3v) is 3.74. The monoisotopic (exact) mass is 349 g/mol. The van der Waals surface area contributed by atoms with E-state index in [1.54, 1.807) is 7.11 Å². The Morgan fingerprint density at radius 1 is 1.12 bits per heavy atom. The van der Waals surface area contributed by atoms with Crippen molar-refractivity contribution >= 4 is 5.96 Å². The first kappa shape index (κ1) is 21.5. The zero-order valence-electron chi connectivity index (χ0n) is 16.1. The number of unbranched alkanes of at least 4 members (excludes halogenated alkanes) is 2. The molecule has 0 saturated heterocycles. The minimum Gasteiger partial charge on any atom is -0.385 e. The van der Waals surface area contributed by atoms with Crippen LogP contribution in [0, 0.1) is 5.92 Å². The van der Waals surface area contributed by atoms with Crippen LogP contribution in [-0.4, -0.2) is 45.9 Å². The maximum absolute atomic E-state index is 5.79. The lowest BCUT2D eigenvalue weighted by molar-refractivity contribution is 0.0945. The van der Waals surface area contributed by atoms with Crippen LogP contribution >= 0.6 is 0 Å². The van der Waals surface area contributed by atoms with Crippen molar-refractivity contribution in [1.29, 1.82) is 0 Å². The minimum absolute atomic E-state index is 0.390. The summed E-state index contributed by atoms with van der Waals surface area (Å²) in [7, 11) is 1.75. The molecule has 25 heavy (non-hydrogen) atoms. The average molecular weight is 350 g/mol. The Balaban J connectivity index is 2.20. The van der Waals surface area contributed by atoms with Crippen molar-refractivity contribution in [3.8, 4) is 0 Å². The van der Waals surface area contributed by atoms with Gasteiger partial charge in [0.25, 0.3) is 0 Å². The van der Waals surface area contributed by atoms with Crippen LogP contribution in [0.3, 0.4) is 0 Å². The second-order valence-corrected chi connectivity index (χ2v) is 6.31. The normalized spacial score (nSPS) is 12.8. The van der Waals surface area contributed by atoms with Gasteiger partial charge in [-0.1, -0.05) is 37.3 Å². The number of nitrogens with zero attached hydrogens (tertiary/aromatic N) is 1. The summed E-state index contributed by atoms with van der Waals surface area (Å²) >= 11 is 0. The molecule has 0 aromatic heterocycles. The van der Waals surface area contributed by atoms with E-state index < -0.39 is 0 Å². The Bertz CT molecular complexity index is 452. The lowest BCUT2D eigenvalue weighted by Crippen LogP contribution is -2.38. The molecule has 1 unspecified atom stereocenters. The van der Waals surface area contributed by atoms with Gasteiger partial charge in [0.2, 0.25) is 0 Å². The van der Waals surface area contributed by atoms with E-state index in [4.69, 9.17) is 9.47 Å². The van der Waals surface area contributed by atoms with E-state index in [0.29, 0.717) is 12.5 Å². The van der Waals surface area contributed by atoms with Gasteiger partial charge in [-0.05, 0) is 37.7 Å². The van der Waals surface area contributed by atoms with Crippen LogP contribution in [0.15, 0.2) is 35.3 Å². The van der Waals surface area contributed by atoms with Crippen molar-refractivity contribution < 1.29 is 9.47 Å². The predicted octanol–water partition coefficient (Wildman–Crippen LogP) is 3.21. The number of rotatable bonds is 13. The van der Waals surface area contributed by atoms with Crippen molar-refractivity contribution in [2.45, 2.75) is 39.7 Å². The lowest BCUT2D eigenvalue weighted by Gasteiger charge is -2.14. The van der Waals surface area contributed by atoms with Gasteiger partial charge in [0, 0.05) is 33.4 Å². The Morgan fingerprint density at radius 3 is 2.64 bits per heavy atom. The molecule has 0 aliphatic heterocycles. The molecule has 0 aliphatic carbocycles. The van der Waals surface area contributed by atoms with E-state index in [9.17, 15) is 0 Å². The molecule has 0 radical (unpaired) electrons. The van der Waals surface area contributed by atoms with Crippen molar-refractivity contribution in [3.63, 3.8) is 0 Å². The first-order valence-electron chi connectivity index (χ1n) is 9.39. The molecule has 5 nitrogen and oxygen atoms in total. The third-order valence-electron chi connectivity index (χ3n) is 3.74. The lowest BCUT2D eigenvalue weighted by atomic mass is 10.2. The Labute approximate surface area is 153 Å². The van der Waals surface area contributed by atoms with Crippen LogP contribution in [0.25, 0.3) is 0 Å². The third kappa shape index (κ3) is 11.6. The molecule has 0 heterocycles. The standard InChI is InChI=1S/C20H35N3O2/c1-4-21-20(22-13-9-6-10-14-24-3)23-15-18(2)16-25-17-19-11-7-5-8-12-19/h5,7-8,11-12,18H,4,6,9-10,13-17H2,1-3H3,(H2,21,22,23). The smallest absolute Gasteiger partial charge is 0.191 e. The summed E-state index contributed by atoms with van der Waals surface area (Å²) < 4.78 is 10.9. The van der Waals surface area contributed by atoms with Crippen LogP contribution in [0.1, 0.15) is 38.7 Å². The van der Waals surface area contributed by atoms with Crippen LogP contribution < -0.4 is 10.6 Å². The quantitative estimate of drug-likeness (QED) is 0.326. The van der Waals surface area contributed by atoms with Gasteiger partial charge < -0.3 is 20.1 Å². The highest BCUT2D eigenvalue weighted by Gasteiger charge is 2.03. The summed E-state index contributed by atoms with van der Waals surface area (Å²) in [5, 5.41) is 6.69. The maximum Gasteiger partial charge on any atom is 0.191 e. The van der Waals surface area contributed by atoms with E-state index in [2.05, 4.69) is 41.6 Å². The second-order valence-electron chi connectivity index (χ2n) is 6.31. The van der Waals surface area contributed by atoms with Crippen molar-refractivity contribution in [3.05, 3.63) is 35.9 Å². The number of ether oxygens (including phenoxy) is 2. The molecule has 1 aromatic carbocycles. The molecule has 1 atom stereocenters. The van der Waals surface area contributed by atoms with E-state index in [-0.39, 0.29) is 0 Å². The number of guanidine groups is 1. The highest BCUT2D eigenvalue weighted by molar-refractivity contribution is 5.79. The van der Waals surface area contributed by atoms with Gasteiger partial charge in [-0.15, -0.1) is 0 Å². The van der Waals surface area contributed by atoms with E-state index >= 15 is 0 Å². The van der Waals surface area contributed by atoms with E-state index in [1.807, 2.05) is 18.2 Å². The number of nitrogens with one attached hydrogen (secondary N) is 2. The molecule has 0 aliphatic rings. The van der Waals surface area contributed by atoms with Crippen LogP contribution in [0.5, 0.6) is 0 Å². The highest BCUT2D eigenvalue weighted by atomic mass is 16.5. The van der Waals surface area contributed by atoms with Crippen molar-refractivity contribution in [1.82, 2.24) is 10.6 Å². The van der Waals surface area contributed by atoms with Gasteiger partial charge >= 0.3 is 0 Å². The number of aliphatic imine (C=N–C) groups is 1. The van der Waals surface area contributed by atoms with Gasteiger partial charge in [-0.25, -0.2) is 0 Å². The molecule has 1 aromatic rings. The Kier molecular flexibility index (Phi) is 12.6. The molecule has 1 rings (SSSR count).